The van der Waals surface area contributed by atoms with Crippen molar-refractivity contribution in [3.05, 3.63) is 0 Å². The molecule has 0 aromatic heterocycles. The Kier molecular flexibility index (Phi) is 7.26. The highest BCUT2D eigenvalue weighted by molar-refractivity contribution is 6.27. The van der Waals surface area contributed by atoms with Gasteiger partial charge in [-0.3, -0.25) is 0 Å². The molecule has 0 aliphatic carbocycles. The maximum absolute atomic E-state index is 7.00. The van der Waals surface area contributed by atoms with E-state index in [1.54, 1.807) is 0 Å². The van der Waals surface area contributed by atoms with Gasteiger partial charge in [0.25, 0.3) is 0 Å². The number of hydrogen-bond acceptors (Lipinski definition) is 2. The quantitative estimate of drug-likeness (QED) is 0.469. The summed E-state index contributed by atoms with van der Waals surface area (Å²) in [6.45, 7) is 1.06. The molecule has 0 unspecified atom stereocenters. The third kappa shape index (κ3) is 4.30. The molecule has 0 amide bonds. The molecule has 1 rings (SSSR count). The summed E-state index contributed by atoms with van der Waals surface area (Å²) in [5.41, 5.74) is 0. The van der Waals surface area contributed by atoms with E-state index in [1.165, 1.54) is 18.9 Å². The van der Waals surface area contributed by atoms with Crippen LogP contribution >= 0.6 is 0 Å². The SMILES string of the molecule is C1CC[SiH2]OC1.CO. The Hall–Kier alpha value is 0.137. The van der Waals surface area contributed by atoms with Crippen LogP contribution in [0.4, 0.5) is 0 Å². The molecular formula is C5H14O2Si. The second kappa shape index (κ2) is 7.14. The normalized spacial score (nSPS) is 21.8. The highest BCUT2D eigenvalue weighted by Gasteiger charge is 1.96. The van der Waals surface area contributed by atoms with Crippen molar-refractivity contribution < 1.29 is 9.53 Å². The molecule has 0 aromatic rings. The van der Waals surface area contributed by atoms with E-state index in [-0.39, 0.29) is 9.76 Å². The van der Waals surface area contributed by atoms with Crippen LogP contribution in [-0.2, 0) is 4.43 Å². The van der Waals surface area contributed by atoms with Crippen molar-refractivity contribution in [2.24, 2.45) is 0 Å². The minimum Gasteiger partial charge on any atom is -0.424 e. The van der Waals surface area contributed by atoms with E-state index < -0.39 is 0 Å². The van der Waals surface area contributed by atoms with Gasteiger partial charge in [0.05, 0.1) is 0 Å². The molecule has 2 nitrogen and oxygen atoms in total. The van der Waals surface area contributed by atoms with Crippen molar-refractivity contribution in [1.29, 1.82) is 0 Å². The van der Waals surface area contributed by atoms with Crippen molar-refractivity contribution in [2.45, 2.75) is 18.9 Å². The molecule has 3 heteroatoms. The van der Waals surface area contributed by atoms with Gasteiger partial charge >= 0.3 is 0 Å². The number of hydrogen-bond donors (Lipinski definition) is 1. The van der Waals surface area contributed by atoms with Crippen molar-refractivity contribution in [3.8, 4) is 0 Å². The number of aliphatic hydroxyl groups excluding tert-OH is 1. The summed E-state index contributed by atoms with van der Waals surface area (Å²) in [7, 11) is 1.01. The second-order valence-corrected chi connectivity index (χ2v) is 3.20. The fourth-order valence-electron chi connectivity index (χ4n) is 0.687. The number of aliphatic hydroxyl groups is 1. The molecule has 0 atom stereocenters. The Balaban J connectivity index is 0.000000222. The van der Waals surface area contributed by atoms with Crippen LogP contribution < -0.4 is 0 Å². The lowest BCUT2D eigenvalue weighted by molar-refractivity contribution is 0.304. The standard InChI is InChI=1S/C4H10OSi.CH4O/c1-2-4-6-5-3-1;1-2/h1-4,6H2;2H,1H3. The summed E-state index contributed by atoms with van der Waals surface area (Å²) in [6.07, 6.45) is 2.75. The highest BCUT2D eigenvalue weighted by atomic mass is 28.2. The molecule has 1 saturated heterocycles. The largest absolute Gasteiger partial charge is 0.424 e. The Morgan fingerprint density at radius 2 is 2.12 bits per heavy atom. The van der Waals surface area contributed by atoms with Gasteiger partial charge in [-0.2, -0.15) is 0 Å². The molecule has 1 fully saturated rings. The van der Waals surface area contributed by atoms with Crippen molar-refractivity contribution in [3.63, 3.8) is 0 Å². The predicted octanol–water partition coefficient (Wildman–Crippen LogP) is -0.0926. The van der Waals surface area contributed by atoms with Crippen LogP contribution in [0.5, 0.6) is 0 Å². The van der Waals surface area contributed by atoms with E-state index in [0.29, 0.717) is 0 Å². The van der Waals surface area contributed by atoms with E-state index >= 15 is 0 Å². The van der Waals surface area contributed by atoms with Gasteiger partial charge < -0.3 is 9.53 Å². The smallest absolute Gasteiger partial charge is 0.161 e. The van der Waals surface area contributed by atoms with E-state index in [0.717, 1.165) is 13.7 Å². The fourth-order valence-corrected chi connectivity index (χ4v) is 1.86. The van der Waals surface area contributed by atoms with Gasteiger partial charge in [-0.05, 0) is 12.5 Å². The average Bonchev–Trinajstić information content (AvgIpc) is 1.96. The third-order valence-corrected chi connectivity index (χ3v) is 2.44. The second-order valence-electron chi connectivity index (χ2n) is 1.67. The first-order valence-corrected chi connectivity index (χ1v) is 4.60. The van der Waals surface area contributed by atoms with E-state index in [1.807, 2.05) is 0 Å². The molecule has 1 aliphatic rings. The minimum atomic E-state index is 0.00849. The van der Waals surface area contributed by atoms with E-state index in [2.05, 4.69) is 0 Å². The average molecular weight is 134 g/mol. The fraction of sp³-hybridized carbons (Fsp3) is 1.00. The molecule has 0 saturated carbocycles. The molecule has 0 aromatic carbocycles. The van der Waals surface area contributed by atoms with Crippen LogP contribution in [0.2, 0.25) is 6.04 Å². The molecular weight excluding hydrogens is 120 g/mol. The lowest BCUT2D eigenvalue weighted by atomic mass is 10.4. The predicted molar refractivity (Wildman–Crippen MR) is 36.7 cm³/mol. The Morgan fingerprint density at radius 1 is 1.38 bits per heavy atom. The van der Waals surface area contributed by atoms with Gasteiger partial charge in [0.15, 0.2) is 9.76 Å². The zero-order chi connectivity index (χ0) is 6.24. The zero-order valence-electron chi connectivity index (χ0n) is 5.39. The van der Waals surface area contributed by atoms with Gasteiger partial charge in [0.1, 0.15) is 0 Å². The molecule has 1 aliphatic heterocycles. The van der Waals surface area contributed by atoms with Crippen LogP contribution in [0.3, 0.4) is 0 Å². The molecule has 8 heavy (non-hydrogen) atoms. The summed E-state index contributed by atoms with van der Waals surface area (Å²) < 4.78 is 5.21. The third-order valence-electron chi connectivity index (χ3n) is 1.08. The Morgan fingerprint density at radius 3 is 2.25 bits per heavy atom. The lowest BCUT2D eigenvalue weighted by Gasteiger charge is -2.07. The first kappa shape index (κ1) is 8.14. The Labute approximate surface area is 52.8 Å². The van der Waals surface area contributed by atoms with Crippen LogP contribution in [0.1, 0.15) is 12.8 Å². The van der Waals surface area contributed by atoms with Gasteiger partial charge in [-0.25, -0.2) is 0 Å². The molecule has 1 N–H and O–H groups in total. The Bertz CT molecular complexity index is 25.9. The van der Waals surface area contributed by atoms with Crippen LogP contribution in [0, 0.1) is 0 Å². The number of rotatable bonds is 0. The molecule has 0 radical (unpaired) electrons. The first-order valence-electron chi connectivity index (χ1n) is 3.02. The molecule has 1 heterocycles. The lowest BCUT2D eigenvalue weighted by Crippen LogP contribution is -2.06. The summed E-state index contributed by atoms with van der Waals surface area (Å²) >= 11 is 0. The van der Waals surface area contributed by atoms with Gasteiger partial charge in [0, 0.05) is 13.7 Å². The van der Waals surface area contributed by atoms with Gasteiger partial charge in [-0.1, -0.05) is 6.42 Å². The zero-order valence-corrected chi connectivity index (χ0v) is 6.81. The summed E-state index contributed by atoms with van der Waals surface area (Å²) in [5.74, 6) is 0. The first-order chi connectivity index (χ1) is 4.00. The summed E-state index contributed by atoms with van der Waals surface area (Å²) in [4.78, 5) is 0. The minimum absolute atomic E-state index is 0.00849. The van der Waals surface area contributed by atoms with Crippen LogP contribution in [0.15, 0.2) is 0 Å². The van der Waals surface area contributed by atoms with Crippen LogP contribution in [0.25, 0.3) is 0 Å². The summed E-state index contributed by atoms with van der Waals surface area (Å²) in [5, 5.41) is 7.00. The summed E-state index contributed by atoms with van der Waals surface area (Å²) in [6, 6.07) is 1.42. The molecule has 0 bridgehead atoms. The van der Waals surface area contributed by atoms with Crippen molar-refractivity contribution in [1.82, 2.24) is 0 Å². The van der Waals surface area contributed by atoms with E-state index in [9.17, 15) is 0 Å². The van der Waals surface area contributed by atoms with E-state index in [4.69, 9.17) is 9.53 Å². The van der Waals surface area contributed by atoms with Gasteiger partial charge in [-0.15, -0.1) is 0 Å². The molecule has 50 valence electrons. The topological polar surface area (TPSA) is 29.5 Å². The van der Waals surface area contributed by atoms with Crippen LogP contribution in [-0.4, -0.2) is 28.6 Å². The maximum Gasteiger partial charge on any atom is 0.161 e. The maximum atomic E-state index is 7.00. The van der Waals surface area contributed by atoms with Crippen molar-refractivity contribution in [2.75, 3.05) is 13.7 Å². The van der Waals surface area contributed by atoms with Crippen molar-refractivity contribution >= 4 is 9.76 Å². The van der Waals surface area contributed by atoms with Gasteiger partial charge in [0.2, 0.25) is 0 Å². The molecule has 0 spiro atoms. The highest BCUT2D eigenvalue weighted by Crippen LogP contribution is 2.01. The monoisotopic (exact) mass is 134 g/mol.